The second kappa shape index (κ2) is 6.13. The highest BCUT2D eigenvalue weighted by Gasteiger charge is 2.35. The lowest BCUT2D eigenvalue weighted by Gasteiger charge is -2.26. The third-order valence-corrected chi connectivity index (χ3v) is 4.05. The standard InChI is InChI=1S/C17H14F3N3O/c18-17(19,20)13-3-1-2-12(6-13)15-7-14(24)10-23(15)16-5-4-11(8-21)9-22-16/h1-6,9,14-15,24H,7,10H2/t14-,15+/m0/s1. The van der Waals surface area contributed by atoms with Gasteiger partial charge in [-0.2, -0.15) is 18.4 Å². The van der Waals surface area contributed by atoms with E-state index in [0.717, 1.165) is 12.1 Å². The van der Waals surface area contributed by atoms with Gasteiger partial charge in [-0.25, -0.2) is 4.98 Å². The molecule has 1 N–H and O–H groups in total. The molecule has 0 spiro atoms. The molecule has 0 saturated carbocycles. The number of hydrogen-bond acceptors (Lipinski definition) is 4. The molecule has 1 aromatic heterocycles. The van der Waals surface area contributed by atoms with Crippen LogP contribution in [0.4, 0.5) is 19.0 Å². The molecule has 0 unspecified atom stereocenters. The van der Waals surface area contributed by atoms with Crippen LogP contribution in [0.3, 0.4) is 0 Å². The predicted octanol–water partition coefficient (Wildman–Crippen LogP) is 3.28. The van der Waals surface area contributed by atoms with Crippen LogP contribution < -0.4 is 4.90 Å². The van der Waals surface area contributed by atoms with E-state index in [1.165, 1.54) is 12.3 Å². The zero-order valence-electron chi connectivity index (χ0n) is 12.5. The highest BCUT2D eigenvalue weighted by Crippen LogP contribution is 2.38. The summed E-state index contributed by atoms with van der Waals surface area (Å²) in [5, 5.41) is 18.8. The van der Waals surface area contributed by atoms with Crippen LogP contribution in [0.1, 0.15) is 29.2 Å². The van der Waals surface area contributed by atoms with E-state index >= 15 is 0 Å². The van der Waals surface area contributed by atoms with Crippen molar-refractivity contribution in [1.29, 1.82) is 5.26 Å². The van der Waals surface area contributed by atoms with Crippen molar-refractivity contribution in [1.82, 2.24) is 4.98 Å². The van der Waals surface area contributed by atoms with Gasteiger partial charge in [-0.1, -0.05) is 12.1 Å². The maximum Gasteiger partial charge on any atom is 0.416 e. The van der Waals surface area contributed by atoms with Crippen LogP contribution in [-0.2, 0) is 6.18 Å². The van der Waals surface area contributed by atoms with E-state index in [9.17, 15) is 18.3 Å². The molecule has 1 aliphatic heterocycles. The molecule has 2 atom stereocenters. The third-order valence-electron chi connectivity index (χ3n) is 4.05. The molecule has 1 aliphatic rings. The molecule has 1 aromatic carbocycles. The van der Waals surface area contributed by atoms with Gasteiger partial charge in [0.05, 0.1) is 23.3 Å². The maximum absolute atomic E-state index is 12.9. The topological polar surface area (TPSA) is 60.2 Å². The Balaban J connectivity index is 1.95. The first-order chi connectivity index (χ1) is 11.4. The quantitative estimate of drug-likeness (QED) is 0.916. The summed E-state index contributed by atoms with van der Waals surface area (Å²) in [6, 6.07) is 9.92. The number of rotatable bonds is 2. The molecule has 24 heavy (non-hydrogen) atoms. The van der Waals surface area contributed by atoms with E-state index in [-0.39, 0.29) is 6.54 Å². The van der Waals surface area contributed by atoms with E-state index in [0.29, 0.717) is 23.4 Å². The number of hydrogen-bond donors (Lipinski definition) is 1. The predicted molar refractivity (Wildman–Crippen MR) is 81.1 cm³/mol. The smallest absolute Gasteiger partial charge is 0.391 e. The second-order valence-corrected chi connectivity index (χ2v) is 5.70. The van der Waals surface area contributed by atoms with Gasteiger partial charge in [0.2, 0.25) is 0 Å². The lowest BCUT2D eigenvalue weighted by molar-refractivity contribution is -0.137. The second-order valence-electron chi connectivity index (χ2n) is 5.70. The van der Waals surface area contributed by atoms with Crippen LogP contribution in [0.25, 0.3) is 0 Å². The Morgan fingerprint density at radius 1 is 1.25 bits per heavy atom. The van der Waals surface area contributed by atoms with Crippen molar-refractivity contribution in [2.24, 2.45) is 0 Å². The molecule has 7 heteroatoms. The molecular formula is C17H14F3N3O. The molecule has 0 bridgehead atoms. The monoisotopic (exact) mass is 333 g/mol. The number of benzene rings is 1. The van der Waals surface area contributed by atoms with Crippen molar-refractivity contribution in [3.8, 4) is 6.07 Å². The van der Waals surface area contributed by atoms with Crippen molar-refractivity contribution in [2.75, 3.05) is 11.4 Å². The van der Waals surface area contributed by atoms with E-state index in [4.69, 9.17) is 5.26 Å². The van der Waals surface area contributed by atoms with Gasteiger partial charge in [0, 0.05) is 12.7 Å². The van der Waals surface area contributed by atoms with Crippen molar-refractivity contribution >= 4 is 5.82 Å². The molecule has 0 amide bonds. The number of nitriles is 1. The highest BCUT2D eigenvalue weighted by molar-refractivity contribution is 5.47. The maximum atomic E-state index is 12.9. The molecule has 2 heterocycles. The average Bonchev–Trinajstić information content (AvgIpc) is 2.96. The number of aliphatic hydroxyl groups is 1. The number of nitrogens with zero attached hydrogens (tertiary/aromatic N) is 3. The number of β-amino-alcohol motifs (C(OH)–C–C–N with tert-alkyl or cyclic N) is 1. The van der Waals surface area contributed by atoms with Gasteiger partial charge in [-0.15, -0.1) is 0 Å². The van der Waals surface area contributed by atoms with Gasteiger partial charge in [-0.05, 0) is 36.2 Å². The fourth-order valence-electron chi connectivity index (χ4n) is 2.93. The minimum absolute atomic E-state index is 0.278. The van der Waals surface area contributed by atoms with Gasteiger partial charge in [-0.3, -0.25) is 0 Å². The van der Waals surface area contributed by atoms with Crippen LogP contribution in [0.5, 0.6) is 0 Å². The Morgan fingerprint density at radius 3 is 2.67 bits per heavy atom. The summed E-state index contributed by atoms with van der Waals surface area (Å²) < 4.78 is 38.8. The van der Waals surface area contributed by atoms with Gasteiger partial charge < -0.3 is 10.0 Å². The summed E-state index contributed by atoms with van der Waals surface area (Å²) in [5.74, 6) is 0.521. The number of aliphatic hydroxyl groups excluding tert-OH is 1. The Kier molecular flexibility index (Phi) is 4.16. The van der Waals surface area contributed by atoms with E-state index < -0.39 is 23.9 Å². The van der Waals surface area contributed by atoms with Crippen LogP contribution in [0, 0.1) is 11.3 Å². The normalized spacial score (nSPS) is 20.9. The van der Waals surface area contributed by atoms with Gasteiger partial charge in [0.1, 0.15) is 11.9 Å². The molecule has 2 aromatic rings. The average molecular weight is 333 g/mol. The molecule has 3 rings (SSSR count). The first kappa shape index (κ1) is 16.3. The lowest BCUT2D eigenvalue weighted by Crippen LogP contribution is -2.25. The molecule has 1 fully saturated rings. The number of aromatic nitrogens is 1. The van der Waals surface area contributed by atoms with E-state index in [2.05, 4.69) is 4.98 Å². The Morgan fingerprint density at radius 2 is 2.04 bits per heavy atom. The SMILES string of the molecule is N#Cc1ccc(N2C[C@@H](O)C[C@@H]2c2cccc(C(F)(F)F)c2)nc1. The van der Waals surface area contributed by atoms with Crippen molar-refractivity contribution < 1.29 is 18.3 Å². The van der Waals surface area contributed by atoms with Crippen LogP contribution >= 0.6 is 0 Å². The first-order valence-corrected chi connectivity index (χ1v) is 7.36. The van der Waals surface area contributed by atoms with Gasteiger partial charge in [0.25, 0.3) is 0 Å². The Bertz CT molecular complexity index is 768. The van der Waals surface area contributed by atoms with Crippen molar-refractivity contribution in [3.05, 3.63) is 59.3 Å². The minimum Gasteiger partial charge on any atom is -0.391 e. The summed E-state index contributed by atoms with van der Waals surface area (Å²) in [4.78, 5) is 5.95. The Hall–Kier alpha value is -2.59. The third kappa shape index (κ3) is 3.19. The number of halogens is 3. The summed E-state index contributed by atoms with van der Waals surface area (Å²) in [6.45, 7) is 0.278. The summed E-state index contributed by atoms with van der Waals surface area (Å²) in [6.07, 6.45) is -3.33. The number of anilines is 1. The fraction of sp³-hybridized carbons (Fsp3) is 0.294. The zero-order chi connectivity index (χ0) is 17.3. The molecular weight excluding hydrogens is 319 g/mol. The first-order valence-electron chi connectivity index (χ1n) is 7.36. The van der Waals surface area contributed by atoms with Gasteiger partial charge in [0.15, 0.2) is 0 Å². The summed E-state index contributed by atoms with van der Waals surface area (Å²) in [7, 11) is 0. The van der Waals surface area contributed by atoms with Crippen LogP contribution in [-0.4, -0.2) is 22.7 Å². The molecule has 0 aliphatic carbocycles. The molecule has 124 valence electrons. The van der Waals surface area contributed by atoms with Crippen molar-refractivity contribution in [2.45, 2.75) is 24.7 Å². The fourth-order valence-corrected chi connectivity index (χ4v) is 2.93. The van der Waals surface area contributed by atoms with Crippen LogP contribution in [0.15, 0.2) is 42.6 Å². The Labute approximate surface area is 136 Å². The van der Waals surface area contributed by atoms with E-state index in [1.54, 1.807) is 23.1 Å². The summed E-state index contributed by atoms with van der Waals surface area (Å²) >= 11 is 0. The number of pyridine rings is 1. The lowest BCUT2D eigenvalue weighted by atomic mass is 10.0. The molecule has 0 radical (unpaired) electrons. The summed E-state index contributed by atoms with van der Waals surface area (Å²) in [5.41, 5.74) is 0.163. The largest absolute Gasteiger partial charge is 0.416 e. The molecule has 4 nitrogen and oxygen atoms in total. The van der Waals surface area contributed by atoms with Crippen molar-refractivity contribution in [3.63, 3.8) is 0 Å². The molecule has 1 saturated heterocycles. The number of alkyl halides is 3. The van der Waals surface area contributed by atoms with E-state index in [1.807, 2.05) is 6.07 Å². The highest BCUT2D eigenvalue weighted by atomic mass is 19.4. The van der Waals surface area contributed by atoms with Crippen LogP contribution in [0.2, 0.25) is 0 Å². The zero-order valence-corrected chi connectivity index (χ0v) is 12.5. The van der Waals surface area contributed by atoms with Gasteiger partial charge >= 0.3 is 6.18 Å². The minimum atomic E-state index is -4.41.